The highest BCUT2D eigenvalue weighted by molar-refractivity contribution is 5.79. The van der Waals surface area contributed by atoms with Crippen LogP contribution in [-0.4, -0.2) is 54.0 Å². The number of piperidine rings is 1. The van der Waals surface area contributed by atoms with Gasteiger partial charge in [-0.25, -0.2) is 4.98 Å². The molecule has 0 unspecified atom stereocenters. The third-order valence-corrected chi connectivity index (χ3v) is 5.98. The van der Waals surface area contributed by atoms with E-state index in [2.05, 4.69) is 16.9 Å². The van der Waals surface area contributed by atoms with Crippen molar-refractivity contribution in [2.24, 2.45) is 5.92 Å². The first-order valence-electron chi connectivity index (χ1n) is 11.0. The minimum atomic E-state index is 0.113. The SMILES string of the molecule is CN1CCC(C(=O)N2CCCCCOc3ccccc3Oc3ncccc3C2)CC1. The van der Waals surface area contributed by atoms with Crippen LogP contribution in [0, 0.1) is 5.92 Å². The number of benzene rings is 1. The molecule has 6 nitrogen and oxygen atoms in total. The number of hydrogen-bond donors (Lipinski definition) is 0. The summed E-state index contributed by atoms with van der Waals surface area (Å²) in [4.78, 5) is 22.2. The van der Waals surface area contributed by atoms with Crippen LogP contribution in [0.3, 0.4) is 0 Å². The predicted octanol–water partition coefficient (Wildman–Crippen LogP) is 4.11. The molecule has 0 spiro atoms. The maximum atomic E-state index is 13.4. The molecule has 2 aromatic rings. The van der Waals surface area contributed by atoms with Crippen LogP contribution in [0.25, 0.3) is 0 Å². The number of rotatable bonds is 1. The van der Waals surface area contributed by atoms with Crippen molar-refractivity contribution in [2.75, 3.05) is 33.3 Å². The summed E-state index contributed by atoms with van der Waals surface area (Å²) >= 11 is 0. The Morgan fingerprint density at radius 2 is 1.80 bits per heavy atom. The summed E-state index contributed by atoms with van der Waals surface area (Å²) in [5, 5.41) is 0. The lowest BCUT2D eigenvalue weighted by molar-refractivity contribution is -0.137. The number of fused-ring (bicyclic) bond motifs is 2. The van der Waals surface area contributed by atoms with Crippen molar-refractivity contribution in [3.8, 4) is 17.4 Å². The quantitative estimate of drug-likeness (QED) is 0.710. The molecule has 30 heavy (non-hydrogen) atoms. The Morgan fingerprint density at radius 3 is 2.63 bits per heavy atom. The first kappa shape index (κ1) is 20.7. The number of hydrogen-bond acceptors (Lipinski definition) is 5. The zero-order valence-corrected chi connectivity index (χ0v) is 17.8. The second-order valence-corrected chi connectivity index (χ2v) is 8.26. The van der Waals surface area contributed by atoms with Gasteiger partial charge in [0.2, 0.25) is 11.8 Å². The largest absolute Gasteiger partial charge is 0.490 e. The van der Waals surface area contributed by atoms with Crippen molar-refractivity contribution in [1.29, 1.82) is 0 Å². The van der Waals surface area contributed by atoms with Gasteiger partial charge in [0.15, 0.2) is 11.5 Å². The van der Waals surface area contributed by atoms with Crippen molar-refractivity contribution in [3.05, 3.63) is 48.2 Å². The van der Waals surface area contributed by atoms with Crippen LogP contribution in [-0.2, 0) is 11.3 Å². The molecule has 1 saturated heterocycles. The van der Waals surface area contributed by atoms with E-state index in [-0.39, 0.29) is 11.8 Å². The van der Waals surface area contributed by atoms with Crippen LogP contribution < -0.4 is 9.47 Å². The molecule has 0 N–H and O–H groups in total. The molecular formula is C24H31N3O3. The zero-order chi connectivity index (χ0) is 20.8. The molecule has 3 heterocycles. The van der Waals surface area contributed by atoms with E-state index >= 15 is 0 Å². The molecule has 0 aliphatic carbocycles. The Labute approximate surface area is 178 Å². The zero-order valence-electron chi connectivity index (χ0n) is 17.8. The molecule has 1 fully saturated rings. The predicted molar refractivity (Wildman–Crippen MR) is 116 cm³/mol. The summed E-state index contributed by atoms with van der Waals surface area (Å²) in [6.45, 7) is 3.89. The molecule has 1 aromatic heterocycles. The highest BCUT2D eigenvalue weighted by Crippen LogP contribution is 2.33. The lowest BCUT2D eigenvalue weighted by Crippen LogP contribution is -2.41. The minimum Gasteiger partial charge on any atom is -0.490 e. The number of nitrogens with zero attached hydrogens (tertiary/aromatic N) is 3. The highest BCUT2D eigenvalue weighted by Gasteiger charge is 2.28. The van der Waals surface area contributed by atoms with E-state index in [1.165, 1.54) is 0 Å². The Hall–Kier alpha value is -2.60. The number of pyridine rings is 1. The molecule has 4 rings (SSSR count). The average Bonchev–Trinajstić information content (AvgIpc) is 2.78. The van der Waals surface area contributed by atoms with Crippen LogP contribution in [0.2, 0.25) is 0 Å². The fraction of sp³-hybridized carbons (Fsp3) is 0.500. The van der Waals surface area contributed by atoms with E-state index in [9.17, 15) is 4.79 Å². The second kappa shape index (κ2) is 9.94. The van der Waals surface area contributed by atoms with E-state index in [4.69, 9.17) is 9.47 Å². The Kier molecular flexibility index (Phi) is 6.84. The Bertz CT molecular complexity index is 849. The molecule has 0 saturated carbocycles. The molecule has 0 bridgehead atoms. The van der Waals surface area contributed by atoms with Gasteiger partial charge in [-0.15, -0.1) is 0 Å². The van der Waals surface area contributed by atoms with Crippen LogP contribution >= 0.6 is 0 Å². The van der Waals surface area contributed by atoms with Gasteiger partial charge in [0.05, 0.1) is 13.2 Å². The van der Waals surface area contributed by atoms with Gasteiger partial charge in [0.25, 0.3) is 0 Å². The highest BCUT2D eigenvalue weighted by atomic mass is 16.5. The van der Waals surface area contributed by atoms with Crippen LogP contribution in [0.4, 0.5) is 0 Å². The molecule has 2 aliphatic heterocycles. The standard InChI is InChI=1S/C24H31N3O3/c1-26-15-11-19(12-16-26)24(28)27-14-5-2-6-17-29-21-9-3-4-10-22(21)30-23-20(18-27)8-7-13-25-23/h3-4,7-10,13,19H,2,5-6,11-12,14-18H2,1H3. The number of amides is 1. The van der Waals surface area contributed by atoms with Crippen LogP contribution in [0.15, 0.2) is 42.6 Å². The van der Waals surface area contributed by atoms with E-state index in [1.807, 2.05) is 41.3 Å². The summed E-state index contributed by atoms with van der Waals surface area (Å²) in [6, 6.07) is 11.6. The smallest absolute Gasteiger partial charge is 0.226 e. The number of likely N-dealkylation sites (tertiary alicyclic amines) is 1. The average molecular weight is 410 g/mol. The monoisotopic (exact) mass is 409 g/mol. The van der Waals surface area contributed by atoms with Gasteiger partial charge in [0, 0.05) is 24.2 Å². The number of ether oxygens (including phenoxy) is 2. The molecule has 2 aliphatic rings. The molecule has 1 amide bonds. The number of carbonyl (C=O) groups is 1. The maximum Gasteiger partial charge on any atom is 0.226 e. The van der Waals surface area contributed by atoms with Gasteiger partial charge in [-0.2, -0.15) is 0 Å². The fourth-order valence-electron chi connectivity index (χ4n) is 4.14. The number of aromatic nitrogens is 1. The number of carbonyl (C=O) groups excluding carboxylic acids is 1. The third kappa shape index (κ3) is 5.11. The van der Waals surface area contributed by atoms with E-state index < -0.39 is 0 Å². The third-order valence-electron chi connectivity index (χ3n) is 5.98. The van der Waals surface area contributed by atoms with Crippen molar-refractivity contribution in [2.45, 2.75) is 38.6 Å². The maximum absolute atomic E-state index is 13.4. The molecular weight excluding hydrogens is 378 g/mol. The van der Waals surface area contributed by atoms with E-state index in [0.29, 0.717) is 24.8 Å². The summed E-state index contributed by atoms with van der Waals surface area (Å²) in [5.41, 5.74) is 0.924. The van der Waals surface area contributed by atoms with E-state index in [1.54, 1.807) is 6.20 Å². The molecule has 1 aromatic carbocycles. The summed E-state index contributed by atoms with van der Waals surface area (Å²) < 4.78 is 12.1. The van der Waals surface area contributed by atoms with Gasteiger partial charge in [-0.3, -0.25) is 4.79 Å². The van der Waals surface area contributed by atoms with Gasteiger partial charge in [-0.1, -0.05) is 18.2 Å². The van der Waals surface area contributed by atoms with Crippen molar-refractivity contribution >= 4 is 5.91 Å². The lowest BCUT2D eigenvalue weighted by atomic mass is 9.95. The lowest BCUT2D eigenvalue weighted by Gasteiger charge is -2.32. The van der Waals surface area contributed by atoms with Gasteiger partial charge in [0.1, 0.15) is 0 Å². The summed E-state index contributed by atoms with van der Waals surface area (Å²) in [7, 11) is 2.12. The summed E-state index contributed by atoms with van der Waals surface area (Å²) in [5.74, 6) is 2.30. The van der Waals surface area contributed by atoms with Gasteiger partial charge in [-0.05, 0) is 70.4 Å². The first-order chi connectivity index (χ1) is 14.7. The minimum absolute atomic E-state index is 0.113. The number of para-hydroxylation sites is 2. The van der Waals surface area contributed by atoms with Crippen molar-refractivity contribution in [3.63, 3.8) is 0 Å². The van der Waals surface area contributed by atoms with Crippen LogP contribution in [0.5, 0.6) is 17.4 Å². The molecule has 0 radical (unpaired) electrons. The molecule has 160 valence electrons. The molecule has 0 atom stereocenters. The van der Waals surface area contributed by atoms with Gasteiger partial charge < -0.3 is 19.3 Å². The van der Waals surface area contributed by atoms with Gasteiger partial charge >= 0.3 is 0 Å². The van der Waals surface area contributed by atoms with Crippen LogP contribution in [0.1, 0.15) is 37.7 Å². The summed E-state index contributed by atoms with van der Waals surface area (Å²) in [6.07, 6.45) is 6.55. The Balaban J connectivity index is 1.58. The van der Waals surface area contributed by atoms with E-state index in [0.717, 1.165) is 63.1 Å². The Morgan fingerprint density at radius 1 is 1.00 bits per heavy atom. The van der Waals surface area contributed by atoms with Crippen molar-refractivity contribution in [1.82, 2.24) is 14.8 Å². The molecule has 6 heteroatoms. The normalized spacial score (nSPS) is 19.2. The topological polar surface area (TPSA) is 54.9 Å². The first-order valence-corrected chi connectivity index (χ1v) is 11.0. The second-order valence-electron chi connectivity index (χ2n) is 8.26. The fourth-order valence-corrected chi connectivity index (χ4v) is 4.14. The van der Waals surface area contributed by atoms with Crippen molar-refractivity contribution < 1.29 is 14.3 Å².